The van der Waals surface area contributed by atoms with E-state index in [2.05, 4.69) is 15.0 Å². The van der Waals surface area contributed by atoms with Gasteiger partial charge < -0.3 is 9.30 Å². The number of esters is 1. The summed E-state index contributed by atoms with van der Waals surface area (Å²) in [5.74, 6) is -0.758. The summed E-state index contributed by atoms with van der Waals surface area (Å²) < 4.78 is 43.1. The van der Waals surface area contributed by atoms with Crippen LogP contribution in [0.1, 0.15) is 30.6 Å². The van der Waals surface area contributed by atoms with Gasteiger partial charge in [0.05, 0.1) is 31.9 Å². The van der Waals surface area contributed by atoms with Gasteiger partial charge in [0, 0.05) is 6.04 Å². The molecule has 0 aliphatic heterocycles. The van der Waals surface area contributed by atoms with E-state index in [-0.39, 0.29) is 6.04 Å². The average Bonchev–Trinajstić information content (AvgIpc) is 3.07. The number of aromatic nitrogens is 2. The highest BCUT2D eigenvalue weighted by Crippen LogP contribution is 2.37. The van der Waals surface area contributed by atoms with Crippen LogP contribution in [0, 0.1) is 0 Å². The molecule has 0 bridgehead atoms. The molecule has 5 nitrogen and oxygen atoms in total. The second kappa shape index (κ2) is 5.20. The lowest BCUT2D eigenvalue weighted by Crippen LogP contribution is -2.37. The van der Waals surface area contributed by atoms with Crippen molar-refractivity contribution in [3.05, 3.63) is 18.2 Å². The first-order chi connectivity index (χ1) is 8.92. The molecule has 1 N–H and O–H groups in total. The Hall–Kier alpha value is -1.57. The van der Waals surface area contributed by atoms with Crippen LogP contribution in [-0.2, 0) is 9.53 Å². The Labute approximate surface area is 107 Å². The van der Waals surface area contributed by atoms with Gasteiger partial charge in [-0.2, -0.15) is 13.2 Å². The highest BCUT2D eigenvalue weighted by molar-refractivity contribution is 5.77. The largest absolute Gasteiger partial charge is 0.468 e. The Balaban J connectivity index is 2.16. The molecule has 1 aromatic heterocycles. The number of ether oxygens (including phenoxy) is 1. The van der Waals surface area contributed by atoms with Crippen LogP contribution < -0.4 is 5.32 Å². The molecule has 19 heavy (non-hydrogen) atoms. The molecule has 1 atom stereocenters. The first kappa shape index (κ1) is 13.9. The molecule has 1 aliphatic rings. The van der Waals surface area contributed by atoms with Crippen LogP contribution in [0.15, 0.2) is 12.5 Å². The van der Waals surface area contributed by atoms with E-state index in [1.807, 2.05) is 0 Å². The minimum absolute atomic E-state index is 0.220. The molecule has 8 heteroatoms. The van der Waals surface area contributed by atoms with E-state index in [9.17, 15) is 18.0 Å². The van der Waals surface area contributed by atoms with Gasteiger partial charge >= 0.3 is 12.1 Å². The summed E-state index contributed by atoms with van der Waals surface area (Å²) in [4.78, 5) is 15.5. The molecule has 1 unspecified atom stereocenters. The maximum absolute atomic E-state index is 12.3. The van der Waals surface area contributed by atoms with Gasteiger partial charge in [0.15, 0.2) is 0 Å². The molecule has 0 spiro atoms. The Morgan fingerprint density at radius 1 is 1.63 bits per heavy atom. The van der Waals surface area contributed by atoms with E-state index in [0.717, 1.165) is 20.0 Å². The highest BCUT2D eigenvalue weighted by atomic mass is 19.4. The van der Waals surface area contributed by atoms with Gasteiger partial charge in [-0.15, -0.1) is 0 Å². The van der Waals surface area contributed by atoms with E-state index in [1.165, 1.54) is 12.5 Å². The minimum Gasteiger partial charge on any atom is -0.468 e. The number of carbonyl (C=O) groups is 1. The smallest absolute Gasteiger partial charge is 0.401 e. The first-order valence-corrected chi connectivity index (χ1v) is 5.82. The van der Waals surface area contributed by atoms with Crippen LogP contribution in [-0.4, -0.2) is 35.4 Å². The van der Waals surface area contributed by atoms with Gasteiger partial charge in [-0.05, 0) is 12.8 Å². The number of methoxy groups -OCH3 is 1. The molecule has 0 radical (unpaired) electrons. The zero-order valence-corrected chi connectivity index (χ0v) is 10.3. The SMILES string of the molecule is COC(=O)C(NCC(F)(F)F)c1cncn1C1CC1. The van der Waals surface area contributed by atoms with E-state index in [0.29, 0.717) is 5.69 Å². The van der Waals surface area contributed by atoms with Crippen LogP contribution >= 0.6 is 0 Å². The predicted octanol–water partition coefficient (Wildman–Crippen LogP) is 1.58. The summed E-state index contributed by atoms with van der Waals surface area (Å²) in [6.45, 7) is -1.26. The van der Waals surface area contributed by atoms with Gasteiger partial charge in [-0.1, -0.05) is 0 Å². The lowest BCUT2D eigenvalue weighted by atomic mass is 10.2. The molecule has 1 fully saturated rings. The summed E-state index contributed by atoms with van der Waals surface area (Å²) in [5.41, 5.74) is 0.401. The molecule has 1 heterocycles. The Morgan fingerprint density at radius 2 is 2.32 bits per heavy atom. The van der Waals surface area contributed by atoms with Crippen molar-refractivity contribution < 1.29 is 22.7 Å². The van der Waals surface area contributed by atoms with Gasteiger partial charge in [0.2, 0.25) is 0 Å². The zero-order valence-electron chi connectivity index (χ0n) is 10.3. The fraction of sp³-hybridized carbons (Fsp3) is 0.636. The van der Waals surface area contributed by atoms with E-state index >= 15 is 0 Å². The van der Waals surface area contributed by atoms with E-state index in [4.69, 9.17) is 0 Å². The molecule has 0 aromatic carbocycles. The quantitative estimate of drug-likeness (QED) is 0.830. The summed E-state index contributed by atoms with van der Waals surface area (Å²) >= 11 is 0. The van der Waals surface area contributed by atoms with Crippen molar-refractivity contribution in [2.45, 2.75) is 31.1 Å². The molecule has 2 rings (SSSR count). The van der Waals surface area contributed by atoms with Crippen LogP contribution in [0.4, 0.5) is 13.2 Å². The third-order valence-electron chi connectivity index (χ3n) is 2.88. The number of hydrogen-bond donors (Lipinski definition) is 1. The molecule has 1 saturated carbocycles. The number of halogens is 3. The number of nitrogens with one attached hydrogen (secondary N) is 1. The van der Waals surface area contributed by atoms with Crippen molar-refractivity contribution in [3.63, 3.8) is 0 Å². The number of hydrogen-bond acceptors (Lipinski definition) is 4. The maximum atomic E-state index is 12.3. The topological polar surface area (TPSA) is 56.1 Å². The molecule has 1 aromatic rings. The second-order valence-corrected chi connectivity index (χ2v) is 4.41. The van der Waals surface area contributed by atoms with Gasteiger partial charge in [-0.25, -0.2) is 9.78 Å². The maximum Gasteiger partial charge on any atom is 0.401 e. The lowest BCUT2D eigenvalue weighted by Gasteiger charge is -2.19. The van der Waals surface area contributed by atoms with Gasteiger partial charge in [-0.3, -0.25) is 5.32 Å². The van der Waals surface area contributed by atoms with Crippen molar-refractivity contribution in [3.8, 4) is 0 Å². The fourth-order valence-corrected chi connectivity index (χ4v) is 1.84. The van der Waals surface area contributed by atoms with E-state index in [1.54, 1.807) is 4.57 Å². The number of alkyl halides is 3. The second-order valence-electron chi connectivity index (χ2n) is 4.41. The van der Waals surface area contributed by atoms with Crippen LogP contribution in [0.25, 0.3) is 0 Å². The molecule has 0 amide bonds. The number of carbonyl (C=O) groups excluding carboxylic acids is 1. The van der Waals surface area contributed by atoms with Crippen LogP contribution in [0.3, 0.4) is 0 Å². The first-order valence-electron chi connectivity index (χ1n) is 5.82. The molecular weight excluding hydrogens is 263 g/mol. The molecule has 106 valence electrons. The standard InChI is InChI=1S/C11H14F3N3O2/c1-19-10(18)9(16-5-11(12,13)14)8-4-15-6-17(8)7-2-3-7/h4,6-7,9,16H,2-3,5H2,1H3. The van der Waals surface area contributed by atoms with Crippen molar-refractivity contribution in [1.82, 2.24) is 14.9 Å². The normalized spacial score (nSPS) is 17.3. The minimum atomic E-state index is -4.39. The third kappa shape index (κ3) is 3.46. The van der Waals surface area contributed by atoms with Crippen LogP contribution in [0.2, 0.25) is 0 Å². The van der Waals surface area contributed by atoms with Gasteiger partial charge in [0.1, 0.15) is 6.04 Å². The average molecular weight is 277 g/mol. The van der Waals surface area contributed by atoms with Crippen molar-refractivity contribution in [1.29, 1.82) is 0 Å². The van der Waals surface area contributed by atoms with Crippen LogP contribution in [0.5, 0.6) is 0 Å². The van der Waals surface area contributed by atoms with Crippen molar-refractivity contribution in [2.24, 2.45) is 0 Å². The molecular formula is C11H14F3N3O2. The summed E-state index contributed by atoms with van der Waals surface area (Å²) in [5, 5.41) is 2.18. The van der Waals surface area contributed by atoms with Crippen molar-refractivity contribution >= 4 is 5.97 Å². The fourth-order valence-electron chi connectivity index (χ4n) is 1.84. The van der Waals surface area contributed by atoms with Gasteiger partial charge in [0.25, 0.3) is 0 Å². The summed E-state index contributed by atoms with van der Waals surface area (Å²) in [6, 6.07) is -0.938. The lowest BCUT2D eigenvalue weighted by molar-refractivity contribution is -0.147. The number of imidazole rings is 1. The summed E-state index contributed by atoms with van der Waals surface area (Å²) in [6.07, 6.45) is 0.408. The third-order valence-corrected chi connectivity index (χ3v) is 2.88. The van der Waals surface area contributed by atoms with E-state index < -0.39 is 24.7 Å². The number of rotatable bonds is 5. The molecule has 0 saturated heterocycles. The number of nitrogens with zero attached hydrogens (tertiary/aromatic N) is 2. The Bertz CT molecular complexity index is 454. The Morgan fingerprint density at radius 3 is 2.84 bits per heavy atom. The monoisotopic (exact) mass is 277 g/mol. The van der Waals surface area contributed by atoms with Crippen molar-refractivity contribution in [2.75, 3.05) is 13.7 Å². The zero-order chi connectivity index (χ0) is 14.0. The Kier molecular flexibility index (Phi) is 3.79. The summed E-state index contributed by atoms with van der Waals surface area (Å²) in [7, 11) is 1.14. The molecule has 1 aliphatic carbocycles. The highest BCUT2D eigenvalue weighted by Gasteiger charge is 2.34. The predicted molar refractivity (Wildman–Crippen MR) is 59.3 cm³/mol.